The molecule has 0 radical (unpaired) electrons. The maximum absolute atomic E-state index is 12.8. The number of imidazole rings is 1. The van der Waals surface area contributed by atoms with E-state index in [0.717, 1.165) is 0 Å². The van der Waals surface area contributed by atoms with E-state index in [1.807, 2.05) is 0 Å². The molecule has 3 atom stereocenters. The van der Waals surface area contributed by atoms with Gasteiger partial charge in [-0.1, -0.05) is 18.5 Å². The van der Waals surface area contributed by atoms with Crippen LogP contribution in [0.1, 0.15) is 13.2 Å². The Morgan fingerprint density at radius 2 is 1.95 bits per heavy atom. The van der Waals surface area contributed by atoms with Crippen LogP contribution in [0.4, 0.5) is 8.78 Å². The zero-order valence-corrected chi connectivity index (χ0v) is 12.0. The molecule has 0 fully saturated rings. The summed E-state index contributed by atoms with van der Waals surface area (Å²) >= 11 is 5.78. The Morgan fingerprint density at radius 3 is 2.48 bits per heavy atom. The van der Waals surface area contributed by atoms with Crippen molar-refractivity contribution in [2.45, 2.75) is 25.7 Å². The number of benzene rings is 1. The summed E-state index contributed by atoms with van der Waals surface area (Å²) in [4.78, 5) is 3.85. The monoisotopic (exact) mass is 316 g/mol. The lowest BCUT2D eigenvalue weighted by molar-refractivity contribution is -0.0801. The second kappa shape index (κ2) is 6.87. The summed E-state index contributed by atoms with van der Waals surface area (Å²) in [6.07, 6.45) is -0.616. The van der Waals surface area contributed by atoms with Crippen molar-refractivity contribution in [3.05, 3.63) is 48.0 Å². The third-order valence-electron chi connectivity index (χ3n) is 3.12. The average Bonchev–Trinajstić information content (AvgIpc) is 2.99. The van der Waals surface area contributed by atoms with Crippen LogP contribution in [0, 0.1) is 5.92 Å². The highest BCUT2D eigenvalue weighted by Gasteiger charge is 2.33. The highest BCUT2D eigenvalue weighted by molar-refractivity contribution is 6.30. The normalized spacial score (nSPS) is 15.7. The van der Waals surface area contributed by atoms with Crippen LogP contribution < -0.4 is 4.74 Å². The summed E-state index contributed by atoms with van der Waals surface area (Å²) in [6, 6.07) is 6.44. The minimum atomic E-state index is -2.65. The number of rotatable bonds is 6. The maximum atomic E-state index is 12.8. The Labute approximate surface area is 125 Å². The van der Waals surface area contributed by atoms with Crippen molar-refractivity contribution in [1.29, 1.82) is 0 Å². The largest absolute Gasteiger partial charge is 0.467 e. The summed E-state index contributed by atoms with van der Waals surface area (Å²) in [5.74, 6) is -0.830. The Hall–Kier alpha value is -1.66. The number of aliphatic hydroxyl groups is 1. The summed E-state index contributed by atoms with van der Waals surface area (Å²) in [5, 5.41) is 10.7. The van der Waals surface area contributed by atoms with E-state index >= 15 is 0 Å². The molecule has 0 aliphatic heterocycles. The van der Waals surface area contributed by atoms with E-state index in [0.29, 0.717) is 10.8 Å². The Kier molecular flexibility index (Phi) is 5.14. The van der Waals surface area contributed by atoms with E-state index < -0.39 is 24.7 Å². The molecule has 3 unspecified atom stereocenters. The number of nitrogens with zero attached hydrogens (tertiary/aromatic N) is 2. The number of alkyl halides is 2. The molecule has 2 aromatic rings. The molecule has 4 nitrogen and oxygen atoms in total. The number of hydrogen-bond donors (Lipinski definition) is 1. The molecule has 1 heterocycles. The quantitative estimate of drug-likeness (QED) is 0.888. The van der Waals surface area contributed by atoms with Gasteiger partial charge in [0.05, 0.1) is 6.33 Å². The van der Waals surface area contributed by atoms with Gasteiger partial charge in [0.2, 0.25) is 12.7 Å². The van der Waals surface area contributed by atoms with Crippen molar-refractivity contribution >= 4 is 11.6 Å². The average molecular weight is 317 g/mol. The van der Waals surface area contributed by atoms with E-state index in [2.05, 4.69) is 4.98 Å². The summed E-state index contributed by atoms with van der Waals surface area (Å²) in [7, 11) is 0. The first-order valence-electron chi connectivity index (χ1n) is 6.35. The van der Waals surface area contributed by atoms with Crippen LogP contribution in [0.15, 0.2) is 43.0 Å². The molecular weight excluding hydrogens is 302 g/mol. The summed E-state index contributed by atoms with van der Waals surface area (Å²) in [5.41, 5.74) is 0. The van der Waals surface area contributed by atoms with Crippen molar-refractivity contribution < 1.29 is 18.6 Å². The van der Waals surface area contributed by atoms with Crippen LogP contribution >= 0.6 is 11.6 Å². The first-order valence-corrected chi connectivity index (χ1v) is 6.72. The van der Waals surface area contributed by atoms with E-state index in [9.17, 15) is 13.9 Å². The molecule has 0 aliphatic carbocycles. The Morgan fingerprint density at radius 1 is 1.29 bits per heavy atom. The van der Waals surface area contributed by atoms with E-state index in [-0.39, 0.29) is 0 Å². The lowest BCUT2D eigenvalue weighted by atomic mass is 10.0. The molecule has 2 rings (SSSR count). The summed E-state index contributed by atoms with van der Waals surface area (Å²) in [6.45, 7) is 1.27. The number of hydrogen-bond acceptors (Lipinski definition) is 3. The van der Waals surface area contributed by atoms with Crippen molar-refractivity contribution in [2.75, 3.05) is 0 Å². The fraction of sp³-hybridized carbons (Fsp3) is 0.357. The van der Waals surface area contributed by atoms with Crippen LogP contribution in [-0.4, -0.2) is 27.2 Å². The third kappa shape index (κ3) is 3.92. The molecule has 21 heavy (non-hydrogen) atoms. The van der Waals surface area contributed by atoms with Gasteiger partial charge in [0.1, 0.15) is 11.9 Å². The van der Waals surface area contributed by atoms with Crippen LogP contribution in [0.5, 0.6) is 5.75 Å². The molecular formula is C14H15ClF2N2O2. The molecule has 114 valence electrons. The Bertz CT molecular complexity index is 549. The van der Waals surface area contributed by atoms with Crippen molar-refractivity contribution in [3.63, 3.8) is 0 Å². The smallest absolute Gasteiger partial charge is 0.243 e. The van der Waals surface area contributed by atoms with Gasteiger partial charge in [0.15, 0.2) is 0 Å². The van der Waals surface area contributed by atoms with Gasteiger partial charge in [-0.05, 0) is 24.3 Å². The zero-order chi connectivity index (χ0) is 15.4. The van der Waals surface area contributed by atoms with Gasteiger partial charge in [-0.3, -0.25) is 4.57 Å². The number of ether oxygens (including phenoxy) is 1. The summed E-state index contributed by atoms with van der Waals surface area (Å²) < 4.78 is 32.7. The standard InChI is InChI=1S/C14H15ClF2N2O2/c1-9(13(16)17)12(20)14(19-7-6-18-8-19)21-11-4-2-10(15)3-5-11/h2-9,12-14,20H,1H3. The van der Waals surface area contributed by atoms with Gasteiger partial charge in [0, 0.05) is 23.3 Å². The molecule has 0 saturated carbocycles. The van der Waals surface area contributed by atoms with E-state index in [4.69, 9.17) is 16.3 Å². The molecule has 0 aliphatic rings. The van der Waals surface area contributed by atoms with Gasteiger partial charge in [-0.25, -0.2) is 13.8 Å². The van der Waals surface area contributed by atoms with Crippen molar-refractivity contribution in [2.24, 2.45) is 5.92 Å². The fourth-order valence-electron chi connectivity index (χ4n) is 1.79. The Balaban J connectivity index is 2.22. The number of aliphatic hydroxyl groups excluding tert-OH is 1. The highest BCUT2D eigenvalue weighted by Crippen LogP contribution is 2.27. The van der Waals surface area contributed by atoms with Crippen LogP contribution in [0.25, 0.3) is 0 Å². The van der Waals surface area contributed by atoms with Gasteiger partial charge in [-0.2, -0.15) is 0 Å². The molecule has 0 saturated heterocycles. The van der Waals surface area contributed by atoms with E-state index in [1.54, 1.807) is 30.5 Å². The molecule has 1 aromatic heterocycles. The van der Waals surface area contributed by atoms with Crippen LogP contribution in [0.2, 0.25) is 5.02 Å². The molecule has 1 N–H and O–H groups in total. The highest BCUT2D eigenvalue weighted by atomic mass is 35.5. The predicted molar refractivity (Wildman–Crippen MR) is 74.5 cm³/mol. The van der Waals surface area contributed by atoms with Gasteiger partial charge in [-0.15, -0.1) is 0 Å². The van der Waals surface area contributed by atoms with Crippen molar-refractivity contribution in [3.8, 4) is 5.75 Å². The topological polar surface area (TPSA) is 47.3 Å². The lowest BCUT2D eigenvalue weighted by Crippen LogP contribution is -2.36. The first-order chi connectivity index (χ1) is 9.99. The van der Waals surface area contributed by atoms with Crippen LogP contribution in [0.3, 0.4) is 0 Å². The fourth-order valence-corrected chi connectivity index (χ4v) is 1.91. The maximum Gasteiger partial charge on any atom is 0.243 e. The number of aromatic nitrogens is 2. The molecule has 0 amide bonds. The van der Waals surface area contributed by atoms with Crippen molar-refractivity contribution in [1.82, 2.24) is 9.55 Å². The van der Waals surface area contributed by atoms with E-state index in [1.165, 1.54) is 24.0 Å². The number of halogens is 3. The minimum absolute atomic E-state index is 0.415. The lowest BCUT2D eigenvalue weighted by Gasteiger charge is -2.28. The first kappa shape index (κ1) is 15.7. The molecule has 0 bridgehead atoms. The second-order valence-corrected chi connectivity index (χ2v) is 5.09. The third-order valence-corrected chi connectivity index (χ3v) is 3.37. The SMILES string of the molecule is CC(C(F)F)C(O)C(Oc1ccc(Cl)cc1)n1ccnc1. The zero-order valence-electron chi connectivity index (χ0n) is 11.2. The van der Waals surface area contributed by atoms with Crippen LogP contribution in [-0.2, 0) is 0 Å². The van der Waals surface area contributed by atoms with Gasteiger partial charge in [0.25, 0.3) is 0 Å². The molecule has 0 spiro atoms. The molecule has 7 heteroatoms. The predicted octanol–water partition coefficient (Wildman–Crippen LogP) is 3.38. The van der Waals surface area contributed by atoms with Gasteiger partial charge < -0.3 is 9.84 Å². The second-order valence-electron chi connectivity index (χ2n) is 4.66. The molecule has 1 aromatic carbocycles. The van der Waals surface area contributed by atoms with Gasteiger partial charge >= 0.3 is 0 Å². The minimum Gasteiger partial charge on any atom is -0.467 e.